The second-order valence-corrected chi connectivity index (χ2v) is 3.96. The number of hydrogen-bond donors (Lipinski definition) is 1. The highest BCUT2D eigenvalue weighted by molar-refractivity contribution is 5.63. The molecule has 0 saturated carbocycles. The summed E-state index contributed by atoms with van der Waals surface area (Å²) in [6, 6.07) is 1.66. The molecular formula is C12H7F6N3. The Morgan fingerprint density at radius 1 is 0.905 bits per heavy atom. The van der Waals surface area contributed by atoms with Gasteiger partial charge in [-0.3, -0.25) is 0 Å². The molecule has 1 N–H and O–H groups in total. The first-order chi connectivity index (χ1) is 9.72. The number of nitrogens with one attached hydrogen (secondary N) is 1. The zero-order valence-corrected chi connectivity index (χ0v) is 10.4. The lowest BCUT2D eigenvalue weighted by molar-refractivity contribution is -0.144. The summed E-state index contributed by atoms with van der Waals surface area (Å²) in [5.74, 6) is -5.84. The van der Waals surface area contributed by atoms with E-state index in [-0.39, 0.29) is 11.9 Å². The molecule has 0 aliphatic heterocycles. The van der Waals surface area contributed by atoms with Crippen LogP contribution in [0.15, 0.2) is 18.2 Å². The molecule has 1 aromatic carbocycles. The predicted molar refractivity (Wildman–Crippen MR) is 61.9 cm³/mol. The molecular weight excluding hydrogens is 300 g/mol. The Balaban J connectivity index is 2.66. The Morgan fingerprint density at radius 2 is 1.52 bits per heavy atom. The molecule has 0 bridgehead atoms. The van der Waals surface area contributed by atoms with Gasteiger partial charge in [-0.2, -0.15) is 13.2 Å². The van der Waals surface area contributed by atoms with Gasteiger partial charge >= 0.3 is 6.18 Å². The van der Waals surface area contributed by atoms with Crippen LogP contribution in [-0.4, -0.2) is 17.0 Å². The standard InChI is InChI=1S/C12H7F6N3/c1-19-10-4-9(20-11(21-10)12(16,17)18)5-2-7(14)8(15)3-6(5)13/h2-4H,1H3,(H,19,20,21). The number of nitrogens with zero attached hydrogens (tertiary/aromatic N) is 2. The summed E-state index contributed by atoms with van der Waals surface area (Å²) >= 11 is 0. The highest BCUT2D eigenvalue weighted by atomic mass is 19.4. The summed E-state index contributed by atoms with van der Waals surface area (Å²) in [6.07, 6.45) is -4.86. The van der Waals surface area contributed by atoms with Crippen molar-refractivity contribution in [1.29, 1.82) is 0 Å². The van der Waals surface area contributed by atoms with Gasteiger partial charge < -0.3 is 5.32 Å². The van der Waals surface area contributed by atoms with Gasteiger partial charge in [0.05, 0.1) is 5.69 Å². The Labute approximate surface area is 114 Å². The fourth-order valence-electron chi connectivity index (χ4n) is 1.56. The molecule has 0 fully saturated rings. The molecule has 1 aromatic heterocycles. The molecule has 0 amide bonds. The first-order valence-electron chi connectivity index (χ1n) is 5.51. The zero-order valence-electron chi connectivity index (χ0n) is 10.4. The summed E-state index contributed by atoms with van der Waals surface area (Å²) in [6.45, 7) is 0. The molecule has 0 spiro atoms. The molecule has 0 radical (unpaired) electrons. The second kappa shape index (κ2) is 5.23. The summed E-state index contributed by atoms with van der Waals surface area (Å²) in [5.41, 5.74) is -1.11. The fourth-order valence-corrected chi connectivity index (χ4v) is 1.56. The van der Waals surface area contributed by atoms with Crippen LogP contribution in [0.2, 0.25) is 0 Å². The molecule has 21 heavy (non-hydrogen) atoms. The van der Waals surface area contributed by atoms with Gasteiger partial charge in [0.1, 0.15) is 11.6 Å². The zero-order chi connectivity index (χ0) is 15.8. The van der Waals surface area contributed by atoms with E-state index in [1.54, 1.807) is 0 Å². The van der Waals surface area contributed by atoms with Crippen LogP contribution in [0.25, 0.3) is 11.3 Å². The van der Waals surface area contributed by atoms with Gasteiger partial charge in [0.25, 0.3) is 0 Å². The number of halogens is 6. The van der Waals surface area contributed by atoms with Crippen LogP contribution < -0.4 is 5.32 Å². The minimum Gasteiger partial charge on any atom is -0.373 e. The van der Waals surface area contributed by atoms with Crippen molar-refractivity contribution in [1.82, 2.24) is 9.97 Å². The highest BCUT2D eigenvalue weighted by Crippen LogP contribution is 2.31. The molecule has 2 rings (SSSR count). The highest BCUT2D eigenvalue weighted by Gasteiger charge is 2.35. The summed E-state index contributed by atoms with van der Waals surface area (Å²) < 4.78 is 77.6. The van der Waals surface area contributed by atoms with Crippen LogP contribution in [0.3, 0.4) is 0 Å². The first-order valence-corrected chi connectivity index (χ1v) is 5.51. The largest absolute Gasteiger partial charge is 0.451 e. The Bertz CT molecular complexity index is 683. The monoisotopic (exact) mass is 307 g/mol. The van der Waals surface area contributed by atoms with Gasteiger partial charge in [-0.15, -0.1) is 0 Å². The van der Waals surface area contributed by atoms with Crippen LogP contribution >= 0.6 is 0 Å². The first kappa shape index (κ1) is 15.1. The van der Waals surface area contributed by atoms with Gasteiger partial charge in [0, 0.05) is 24.7 Å². The second-order valence-electron chi connectivity index (χ2n) is 3.96. The van der Waals surface area contributed by atoms with Crippen LogP contribution in [0.5, 0.6) is 0 Å². The van der Waals surface area contributed by atoms with E-state index < -0.39 is 40.7 Å². The van der Waals surface area contributed by atoms with Crippen molar-refractivity contribution in [2.24, 2.45) is 0 Å². The third-order valence-electron chi connectivity index (χ3n) is 2.52. The van der Waals surface area contributed by atoms with Crippen molar-refractivity contribution >= 4 is 5.82 Å². The van der Waals surface area contributed by atoms with E-state index in [1.807, 2.05) is 0 Å². The van der Waals surface area contributed by atoms with Gasteiger partial charge in [-0.25, -0.2) is 23.1 Å². The van der Waals surface area contributed by atoms with Crippen LogP contribution in [-0.2, 0) is 6.18 Å². The molecule has 0 unspecified atom stereocenters. The average Bonchev–Trinajstić information content (AvgIpc) is 2.41. The van der Waals surface area contributed by atoms with Gasteiger partial charge in [-0.05, 0) is 6.07 Å². The fraction of sp³-hybridized carbons (Fsp3) is 0.167. The summed E-state index contributed by atoms with van der Waals surface area (Å²) in [4.78, 5) is 6.33. The quantitative estimate of drug-likeness (QED) is 0.680. The normalized spacial score (nSPS) is 11.6. The van der Waals surface area contributed by atoms with Crippen molar-refractivity contribution in [3.05, 3.63) is 41.5 Å². The Morgan fingerprint density at radius 3 is 2.10 bits per heavy atom. The Kier molecular flexibility index (Phi) is 3.75. The SMILES string of the molecule is CNc1cc(-c2cc(F)c(F)cc2F)nc(C(F)(F)F)n1. The molecule has 0 aliphatic carbocycles. The van der Waals surface area contributed by atoms with E-state index in [1.165, 1.54) is 7.05 Å². The Hall–Kier alpha value is -2.32. The van der Waals surface area contributed by atoms with Gasteiger partial charge in [0.15, 0.2) is 11.6 Å². The maximum Gasteiger partial charge on any atom is 0.451 e. The van der Waals surface area contributed by atoms with Crippen molar-refractivity contribution < 1.29 is 26.3 Å². The summed E-state index contributed by atoms with van der Waals surface area (Å²) in [5, 5.41) is 2.35. The smallest absolute Gasteiger partial charge is 0.373 e. The third-order valence-corrected chi connectivity index (χ3v) is 2.52. The van der Waals surface area contributed by atoms with Crippen molar-refractivity contribution in [3.8, 4) is 11.3 Å². The predicted octanol–water partition coefficient (Wildman–Crippen LogP) is 3.62. The maximum absolute atomic E-state index is 13.6. The van der Waals surface area contributed by atoms with E-state index in [0.717, 1.165) is 6.07 Å². The number of alkyl halides is 3. The molecule has 2 aromatic rings. The number of anilines is 1. The summed E-state index contributed by atoms with van der Waals surface area (Å²) in [7, 11) is 1.30. The molecule has 3 nitrogen and oxygen atoms in total. The lowest BCUT2D eigenvalue weighted by Crippen LogP contribution is -2.13. The number of benzene rings is 1. The van der Waals surface area contributed by atoms with E-state index in [9.17, 15) is 26.3 Å². The van der Waals surface area contributed by atoms with Crippen molar-refractivity contribution in [2.75, 3.05) is 12.4 Å². The molecule has 9 heteroatoms. The average molecular weight is 307 g/mol. The molecule has 112 valence electrons. The van der Waals surface area contributed by atoms with Crippen LogP contribution in [0.1, 0.15) is 5.82 Å². The van der Waals surface area contributed by atoms with Crippen LogP contribution in [0, 0.1) is 17.5 Å². The third kappa shape index (κ3) is 3.06. The lowest BCUT2D eigenvalue weighted by atomic mass is 10.1. The molecule has 0 atom stereocenters. The van der Waals surface area contributed by atoms with Gasteiger partial charge in [0.2, 0.25) is 5.82 Å². The minimum absolute atomic E-state index is 0.235. The number of hydrogen-bond acceptors (Lipinski definition) is 3. The van der Waals surface area contributed by atoms with E-state index in [0.29, 0.717) is 6.07 Å². The van der Waals surface area contributed by atoms with Gasteiger partial charge in [-0.1, -0.05) is 0 Å². The maximum atomic E-state index is 13.6. The van der Waals surface area contributed by atoms with E-state index >= 15 is 0 Å². The van der Waals surface area contributed by atoms with E-state index in [4.69, 9.17) is 0 Å². The molecule has 0 aliphatic rings. The lowest BCUT2D eigenvalue weighted by Gasteiger charge is -2.10. The number of rotatable bonds is 2. The minimum atomic E-state index is -4.86. The van der Waals surface area contributed by atoms with Crippen LogP contribution in [0.4, 0.5) is 32.2 Å². The van der Waals surface area contributed by atoms with Crippen molar-refractivity contribution in [2.45, 2.75) is 6.18 Å². The van der Waals surface area contributed by atoms with Crippen molar-refractivity contribution in [3.63, 3.8) is 0 Å². The molecule has 1 heterocycles. The number of aromatic nitrogens is 2. The molecule has 0 saturated heterocycles. The topological polar surface area (TPSA) is 37.8 Å². The van der Waals surface area contributed by atoms with E-state index in [2.05, 4.69) is 15.3 Å².